The maximum Gasteiger partial charge on any atom is 0.234 e. The lowest BCUT2D eigenvalue weighted by Crippen LogP contribution is -2.38. The number of allylic oxidation sites excluding steroid dienone is 1. The molecule has 4 nitrogen and oxygen atoms in total. The minimum atomic E-state index is -0.247. The van der Waals surface area contributed by atoms with Crippen LogP contribution in [0.3, 0.4) is 0 Å². The van der Waals surface area contributed by atoms with Crippen molar-refractivity contribution in [3.63, 3.8) is 0 Å². The maximum atomic E-state index is 10.7. The highest BCUT2D eigenvalue weighted by atomic mass is 16.1. The van der Waals surface area contributed by atoms with E-state index in [2.05, 4.69) is 12.2 Å². The molecule has 122 valence electrons. The van der Waals surface area contributed by atoms with E-state index in [1.165, 1.54) is 12.8 Å². The number of nitrogens with one attached hydrogen (secondary N) is 1. The zero-order valence-corrected chi connectivity index (χ0v) is 13.8. The predicted molar refractivity (Wildman–Crippen MR) is 92.3 cm³/mol. The summed E-state index contributed by atoms with van der Waals surface area (Å²) in [4.78, 5) is 20.9. The van der Waals surface area contributed by atoms with Gasteiger partial charge in [0, 0.05) is 0 Å². The van der Waals surface area contributed by atoms with Crippen molar-refractivity contribution >= 4 is 18.3 Å². The molecule has 0 heterocycles. The molecule has 1 amide bonds. The normalized spacial score (nSPS) is 12.0. The first-order valence-corrected chi connectivity index (χ1v) is 7.70. The topological polar surface area (TPSA) is 72.2 Å². The van der Waals surface area contributed by atoms with E-state index >= 15 is 0 Å². The Morgan fingerprint density at radius 3 is 2.36 bits per heavy atom. The minimum Gasteiger partial charge on any atom is -0.368 e. The molecule has 1 aromatic rings. The fourth-order valence-electron chi connectivity index (χ4n) is 1.87. The summed E-state index contributed by atoms with van der Waals surface area (Å²) in [6.45, 7) is 3.93. The summed E-state index contributed by atoms with van der Waals surface area (Å²) in [7, 11) is 1.77. The van der Waals surface area contributed by atoms with E-state index in [9.17, 15) is 9.59 Å². The van der Waals surface area contributed by atoms with Crippen LogP contribution in [-0.2, 0) is 9.59 Å². The number of nitrogens with two attached hydrogens (primary N) is 1. The van der Waals surface area contributed by atoms with Crippen molar-refractivity contribution in [1.29, 1.82) is 0 Å². The van der Waals surface area contributed by atoms with Crippen LogP contribution in [0.15, 0.2) is 35.9 Å². The van der Waals surface area contributed by atoms with Gasteiger partial charge in [-0.3, -0.25) is 9.59 Å². The summed E-state index contributed by atoms with van der Waals surface area (Å²) < 4.78 is 0. The highest BCUT2D eigenvalue weighted by Crippen LogP contribution is 2.03. The number of carbonyl (C=O) groups is 2. The summed E-state index contributed by atoms with van der Waals surface area (Å²) in [5, 5.41) is 2.89. The van der Waals surface area contributed by atoms with Gasteiger partial charge in [0.1, 0.15) is 6.29 Å². The second kappa shape index (κ2) is 12.8. The molecule has 0 aliphatic heterocycles. The van der Waals surface area contributed by atoms with Gasteiger partial charge in [0.05, 0.1) is 6.04 Å². The molecule has 1 rings (SSSR count). The second-order valence-corrected chi connectivity index (χ2v) is 5.16. The van der Waals surface area contributed by atoms with Crippen molar-refractivity contribution < 1.29 is 9.59 Å². The third-order valence-electron chi connectivity index (χ3n) is 3.17. The Balaban J connectivity index is 0.000000401. The lowest BCUT2D eigenvalue weighted by Gasteiger charge is -2.10. The molecule has 22 heavy (non-hydrogen) atoms. The molecule has 0 saturated carbocycles. The van der Waals surface area contributed by atoms with E-state index in [0.29, 0.717) is 0 Å². The summed E-state index contributed by atoms with van der Waals surface area (Å²) in [5.41, 5.74) is 6.94. The first-order chi connectivity index (χ1) is 10.5. The molecule has 0 aliphatic carbocycles. The summed E-state index contributed by atoms with van der Waals surface area (Å²) in [6, 6.07) is 9.64. The fourth-order valence-corrected chi connectivity index (χ4v) is 1.87. The SMILES string of the molecule is C/C(C=O)=C\c1ccccc1.CCCCCC(NC)C(N)=O. The summed E-state index contributed by atoms with van der Waals surface area (Å²) >= 11 is 0. The van der Waals surface area contributed by atoms with Gasteiger partial charge in [-0.25, -0.2) is 0 Å². The number of rotatable bonds is 8. The average molecular weight is 304 g/mol. The fraction of sp³-hybridized carbons (Fsp3) is 0.444. The van der Waals surface area contributed by atoms with Crippen molar-refractivity contribution in [2.45, 2.75) is 45.6 Å². The van der Waals surface area contributed by atoms with Crippen LogP contribution in [0.1, 0.15) is 45.1 Å². The van der Waals surface area contributed by atoms with Crippen LogP contribution in [0.4, 0.5) is 0 Å². The number of primary amides is 1. The van der Waals surface area contributed by atoms with E-state index < -0.39 is 0 Å². The van der Waals surface area contributed by atoms with Crippen LogP contribution in [-0.4, -0.2) is 25.3 Å². The lowest BCUT2D eigenvalue weighted by molar-refractivity contribution is -0.120. The number of amides is 1. The molecule has 0 saturated heterocycles. The Labute approximate surface area is 133 Å². The van der Waals surface area contributed by atoms with Crippen LogP contribution in [0.2, 0.25) is 0 Å². The lowest BCUT2D eigenvalue weighted by atomic mass is 10.1. The number of aldehydes is 1. The maximum absolute atomic E-state index is 10.7. The molecule has 1 atom stereocenters. The van der Waals surface area contributed by atoms with E-state index in [1.807, 2.05) is 36.4 Å². The van der Waals surface area contributed by atoms with Crippen molar-refractivity contribution in [3.05, 3.63) is 41.5 Å². The number of carbonyl (C=O) groups excluding carboxylic acids is 2. The van der Waals surface area contributed by atoms with Crippen LogP contribution in [0.5, 0.6) is 0 Å². The van der Waals surface area contributed by atoms with E-state index in [1.54, 1.807) is 14.0 Å². The highest BCUT2D eigenvalue weighted by Gasteiger charge is 2.10. The Hall–Kier alpha value is -1.94. The van der Waals surface area contributed by atoms with Gasteiger partial charge in [0.2, 0.25) is 5.91 Å². The Kier molecular flexibility index (Phi) is 11.6. The van der Waals surface area contributed by atoms with Gasteiger partial charge in [-0.2, -0.15) is 0 Å². The molecule has 0 bridgehead atoms. The molecule has 1 unspecified atom stereocenters. The monoisotopic (exact) mass is 304 g/mol. The average Bonchev–Trinajstić information content (AvgIpc) is 2.53. The van der Waals surface area contributed by atoms with E-state index in [0.717, 1.165) is 30.3 Å². The highest BCUT2D eigenvalue weighted by molar-refractivity contribution is 5.80. The quantitative estimate of drug-likeness (QED) is 0.440. The van der Waals surface area contributed by atoms with Crippen LogP contribution >= 0.6 is 0 Å². The third-order valence-corrected chi connectivity index (χ3v) is 3.17. The van der Waals surface area contributed by atoms with Crippen LogP contribution in [0, 0.1) is 0 Å². The van der Waals surface area contributed by atoms with Gasteiger partial charge in [-0.1, -0.05) is 56.5 Å². The van der Waals surface area contributed by atoms with Gasteiger partial charge < -0.3 is 11.1 Å². The van der Waals surface area contributed by atoms with Crippen LogP contribution < -0.4 is 11.1 Å². The molecule has 0 radical (unpaired) electrons. The minimum absolute atomic E-state index is 0.137. The number of hydrogen-bond acceptors (Lipinski definition) is 3. The molecular weight excluding hydrogens is 276 g/mol. The molecule has 4 heteroatoms. The van der Waals surface area contributed by atoms with Gasteiger partial charge in [-0.15, -0.1) is 0 Å². The van der Waals surface area contributed by atoms with E-state index in [4.69, 9.17) is 5.73 Å². The smallest absolute Gasteiger partial charge is 0.234 e. The van der Waals surface area contributed by atoms with Crippen LogP contribution in [0.25, 0.3) is 6.08 Å². The largest absolute Gasteiger partial charge is 0.368 e. The Morgan fingerprint density at radius 2 is 1.91 bits per heavy atom. The Bertz CT molecular complexity index is 455. The molecule has 0 aliphatic rings. The standard InChI is InChI=1S/C10H10O.C8H18N2O/c1-9(8-11)7-10-5-3-2-4-6-10;1-3-4-5-6-7(10-2)8(9)11/h2-8H,1H3;7,10H,3-6H2,1-2H3,(H2,9,11)/b9-7+;. The number of unbranched alkanes of at least 4 members (excludes halogenated alkanes) is 2. The predicted octanol–water partition coefficient (Wildman–Crippen LogP) is 2.93. The molecular formula is C18H28N2O2. The molecule has 1 aromatic carbocycles. The summed E-state index contributed by atoms with van der Waals surface area (Å²) in [6.07, 6.45) is 6.99. The van der Waals surface area contributed by atoms with Crippen molar-refractivity contribution in [1.82, 2.24) is 5.32 Å². The zero-order chi connectivity index (χ0) is 16.8. The van der Waals surface area contributed by atoms with Crippen molar-refractivity contribution in [2.24, 2.45) is 5.73 Å². The third kappa shape index (κ3) is 9.88. The molecule has 0 aromatic heterocycles. The number of benzene rings is 1. The number of likely N-dealkylation sites (N-methyl/N-ethyl adjacent to an activating group) is 1. The van der Waals surface area contributed by atoms with Gasteiger partial charge >= 0.3 is 0 Å². The van der Waals surface area contributed by atoms with E-state index in [-0.39, 0.29) is 11.9 Å². The molecule has 0 fully saturated rings. The van der Waals surface area contributed by atoms with Gasteiger partial charge in [0.25, 0.3) is 0 Å². The first-order valence-electron chi connectivity index (χ1n) is 7.70. The second-order valence-electron chi connectivity index (χ2n) is 5.16. The number of hydrogen-bond donors (Lipinski definition) is 2. The first kappa shape index (κ1) is 20.1. The van der Waals surface area contributed by atoms with Crippen molar-refractivity contribution in [3.8, 4) is 0 Å². The van der Waals surface area contributed by atoms with Gasteiger partial charge in [-0.05, 0) is 37.6 Å². The zero-order valence-electron chi connectivity index (χ0n) is 13.8. The van der Waals surface area contributed by atoms with Crippen molar-refractivity contribution in [2.75, 3.05) is 7.05 Å². The molecule has 3 N–H and O–H groups in total. The van der Waals surface area contributed by atoms with Gasteiger partial charge in [0.15, 0.2) is 0 Å². The molecule has 0 spiro atoms. The summed E-state index contributed by atoms with van der Waals surface area (Å²) in [5.74, 6) is -0.247. The Morgan fingerprint density at radius 1 is 1.27 bits per heavy atom.